The summed E-state index contributed by atoms with van der Waals surface area (Å²) in [4.78, 5) is 28.4. The highest BCUT2D eigenvalue weighted by Gasteiger charge is 2.22. The van der Waals surface area contributed by atoms with Crippen molar-refractivity contribution in [2.24, 2.45) is 5.73 Å². The van der Waals surface area contributed by atoms with E-state index in [0.29, 0.717) is 26.1 Å². The first kappa shape index (κ1) is 19.4. The minimum Gasteiger partial charge on any atom is -0.340 e. The van der Waals surface area contributed by atoms with E-state index in [9.17, 15) is 9.59 Å². The number of carbonyl (C=O) groups is 2. The molecule has 0 bridgehead atoms. The van der Waals surface area contributed by atoms with Crippen molar-refractivity contribution in [1.82, 2.24) is 9.80 Å². The highest BCUT2D eigenvalue weighted by atomic mass is 16.2. The predicted molar refractivity (Wildman–Crippen MR) is 100 cm³/mol. The summed E-state index contributed by atoms with van der Waals surface area (Å²) in [5.74, 6) is 0.155. The van der Waals surface area contributed by atoms with Crippen molar-refractivity contribution in [3.63, 3.8) is 0 Å². The number of nitrogens with one attached hydrogen (secondary N) is 1. The molecule has 1 heterocycles. The summed E-state index contributed by atoms with van der Waals surface area (Å²) in [7, 11) is 0. The number of piperazine rings is 1. The molecule has 1 aliphatic rings. The van der Waals surface area contributed by atoms with Crippen molar-refractivity contribution in [1.29, 1.82) is 0 Å². The second-order valence-electron chi connectivity index (χ2n) is 6.97. The van der Waals surface area contributed by atoms with E-state index in [1.165, 1.54) is 0 Å². The quantitative estimate of drug-likeness (QED) is 0.818. The molecule has 1 aromatic rings. The molecule has 0 aliphatic carbocycles. The summed E-state index contributed by atoms with van der Waals surface area (Å²) < 4.78 is 0. The first-order chi connectivity index (χ1) is 11.9. The van der Waals surface area contributed by atoms with Gasteiger partial charge < -0.3 is 16.0 Å². The van der Waals surface area contributed by atoms with Gasteiger partial charge in [-0.1, -0.05) is 12.1 Å². The Kier molecular flexibility index (Phi) is 6.96. The lowest BCUT2D eigenvalue weighted by Crippen LogP contribution is -2.50. The minimum absolute atomic E-state index is 0.00886. The summed E-state index contributed by atoms with van der Waals surface area (Å²) in [6.07, 6.45) is 1.22. The van der Waals surface area contributed by atoms with Crippen LogP contribution in [0.4, 0.5) is 5.69 Å². The van der Waals surface area contributed by atoms with Crippen molar-refractivity contribution < 1.29 is 9.59 Å². The van der Waals surface area contributed by atoms with Gasteiger partial charge in [-0.05, 0) is 44.4 Å². The van der Waals surface area contributed by atoms with Gasteiger partial charge in [0.1, 0.15) is 0 Å². The number of anilines is 1. The van der Waals surface area contributed by atoms with Gasteiger partial charge in [0.15, 0.2) is 0 Å². The van der Waals surface area contributed by atoms with Gasteiger partial charge in [0.25, 0.3) is 0 Å². The van der Waals surface area contributed by atoms with E-state index in [4.69, 9.17) is 5.73 Å². The Bertz CT molecular complexity index is 607. The summed E-state index contributed by atoms with van der Waals surface area (Å²) in [6, 6.07) is 5.96. The number of carbonyl (C=O) groups excluding carboxylic acids is 2. The van der Waals surface area contributed by atoms with E-state index in [0.717, 1.165) is 36.3 Å². The zero-order valence-electron chi connectivity index (χ0n) is 15.5. The fourth-order valence-corrected chi connectivity index (χ4v) is 2.94. The number of rotatable bonds is 6. The Morgan fingerprint density at radius 3 is 2.52 bits per heavy atom. The van der Waals surface area contributed by atoms with Gasteiger partial charge in [0, 0.05) is 44.3 Å². The van der Waals surface area contributed by atoms with E-state index in [-0.39, 0.29) is 17.9 Å². The van der Waals surface area contributed by atoms with Crippen molar-refractivity contribution in [2.45, 2.75) is 39.7 Å². The van der Waals surface area contributed by atoms with Gasteiger partial charge in [-0.25, -0.2) is 0 Å². The highest BCUT2D eigenvalue weighted by Crippen LogP contribution is 2.18. The molecule has 1 fully saturated rings. The van der Waals surface area contributed by atoms with E-state index >= 15 is 0 Å². The van der Waals surface area contributed by atoms with E-state index in [2.05, 4.69) is 10.2 Å². The van der Waals surface area contributed by atoms with Crippen LogP contribution in [0.3, 0.4) is 0 Å². The number of amides is 2. The normalized spacial score (nSPS) is 16.6. The van der Waals surface area contributed by atoms with Crippen LogP contribution in [0.1, 0.15) is 30.9 Å². The fraction of sp³-hybridized carbons (Fsp3) is 0.579. The molecule has 2 amide bonds. The van der Waals surface area contributed by atoms with Crippen LogP contribution >= 0.6 is 0 Å². The number of hydrogen-bond acceptors (Lipinski definition) is 4. The molecule has 6 heteroatoms. The lowest BCUT2D eigenvalue weighted by Gasteiger charge is -2.34. The lowest BCUT2D eigenvalue weighted by atomic mass is 10.1. The topological polar surface area (TPSA) is 78.7 Å². The van der Waals surface area contributed by atoms with Gasteiger partial charge in [0.2, 0.25) is 11.8 Å². The standard InChI is InChI=1S/C19H30N4O2/c1-14-5-4-6-17(16(14)3)21-18(24)13-22-9-11-23(12-10-22)19(25)8-7-15(2)20/h4-6,15H,7-13,20H2,1-3H3,(H,21,24). The van der Waals surface area contributed by atoms with Crippen LogP contribution in [-0.2, 0) is 9.59 Å². The number of nitrogens with zero attached hydrogens (tertiary/aromatic N) is 2. The van der Waals surface area contributed by atoms with Crippen LogP contribution in [0.2, 0.25) is 0 Å². The molecule has 25 heavy (non-hydrogen) atoms. The molecule has 0 aromatic heterocycles. The molecule has 6 nitrogen and oxygen atoms in total. The largest absolute Gasteiger partial charge is 0.340 e. The molecule has 1 atom stereocenters. The Balaban J connectivity index is 1.77. The van der Waals surface area contributed by atoms with Gasteiger partial charge in [-0.15, -0.1) is 0 Å². The number of nitrogens with two attached hydrogens (primary N) is 1. The van der Waals surface area contributed by atoms with E-state index < -0.39 is 0 Å². The van der Waals surface area contributed by atoms with E-state index in [1.54, 1.807) is 0 Å². The van der Waals surface area contributed by atoms with Crippen LogP contribution in [-0.4, -0.2) is 60.4 Å². The molecule has 1 saturated heterocycles. The molecule has 0 spiro atoms. The summed E-state index contributed by atoms with van der Waals surface area (Å²) in [6.45, 7) is 9.12. The molecular formula is C19H30N4O2. The SMILES string of the molecule is Cc1cccc(NC(=O)CN2CCN(C(=O)CCC(C)N)CC2)c1C. The molecule has 1 aromatic carbocycles. The van der Waals surface area contributed by atoms with Crippen LogP contribution in [0.15, 0.2) is 18.2 Å². The Morgan fingerprint density at radius 1 is 1.20 bits per heavy atom. The maximum absolute atomic E-state index is 12.3. The van der Waals surface area contributed by atoms with Gasteiger partial charge in [0.05, 0.1) is 6.54 Å². The molecular weight excluding hydrogens is 316 g/mol. The molecule has 3 N–H and O–H groups in total. The molecule has 0 saturated carbocycles. The minimum atomic E-state index is -0.00886. The summed E-state index contributed by atoms with van der Waals surface area (Å²) in [5, 5.41) is 2.99. The number of hydrogen-bond donors (Lipinski definition) is 2. The molecule has 138 valence electrons. The zero-order valence-corrected chi connectivity index (χ0v) is 15.5. The molecule has 1 aliphatic heterocycles. The van der Waals surface area contributed by atoms with Crippen molar-refractivity contribution in [2.75, 3.05) is 38.0 Å². The third kappa shape index (κ3) is 5.83. The second kappa shape index (κ2) is 8.97. The summed E-state index contributed by atoms with van der Waals surface area (Å²) in [5.41, 5.74) is 8.84. The molecule has 1 unspecified atom stereocenters. The van der Waals surface area contributed by atoms with Crippen LogP contribution in [0.25, 0.3) is 0 Å². The lowest BCUT2D eigenvalue weighted by molar-refractivity contribution is -0.133. The first-order valence-corrected chi connectivity index (χ1v) is 8.98. The number of aryl methyl sites for hydroxylation is 1. The van der Waals surface area contributed by atoms with Gasteiger partial charge >= 0.3 is 0 Å². The van der Waals surface area contributed by atoms with Gasteiger partial charge in [-0.2, -0.15) is 0 Å². The average molecular weight is 346 g/mol. The highest BCUT2D eigenvalue weighted by molar-refractivity contribution is 5.93. The third-order valence-electron chi connectivity index (χ3n) is 4.78. The number of benzene rings is 1. The van der Waals surface area contributed by atoms with E-state index in [1.807, 2.05) is 43.9 Å². The fourth-order valence-electron chi connectivity index (χ4n) is 2.94. The maximum atomic E-state index is 12.3. The van der Waals surface area contributed by atoms with Gasteiger partial charge in [-0.3, -0.25) is 14.5 Å². The Labute approximate surface area is 150 Å². The Morgan fingerprint density at radius 2 is 1.88 bits per heavy atom. The van der Waals surface area contributed by atoms with Crippen LogP contribution in [0, 0.1) is 13.8 Å². The smallest absolute Gasteiger partial charge is 0.238 e. The average Bonchev–Trinajstić information content (AvgIpc) is 2.57. The first-order valence-electron chi connectivity index (χ1n) is 8.98. The molecule has 0 radical (unpaired) electrons. The van der Waals surface area contributed by atoms with Crippen LogP contribution in [0.5, 0.6) is 0 Å². The molecule has 2 rings (SSSR count). The van der Waals surface area contributed by atoms with Crippen molar-refractivity contribution in [3.8, 4) is 0 Å². The summed E-state index contributed by atoms with van der Waals surface area (Å²) >= 11 is 0. The third-order valence-corrected chi connectivity index (χ3v) is 4.78. The van der Waals surface area contributed by atoms with Crippen molar-refractivity contribution in [3.05, 3.63) is 29.3 Å². The zero-order chi connectivity index (χ0) is 18.4. The maximum Gasteiger partial charge on any atom is 0.238 e. The van der Waals surface area contributed by atoms with Crippen LogP contribution < -0.4 is 11.1 Å². The predicted octanol–water partition coefficient (Wildman–Crippen LogP) is 1.51. The second-order valence-corrected chi connectivity index (χ2v) is 6.97. The monoisotopic (exact) mass is 346 g/mol. The van der Waals surface area contributed by atoms with Crippen molar-refractivity contribution >= 4 is 17.5 Å². The Hall–Kier alpha value is -1.92.